The van der Waals surface area contributed by atoms with Crippen molar-refractivity contribution in [2.24, 2.45) is 0 Å². The molecule has 0 nitrogen and oxygen atoms in total. The summed E-state index contributed by atoms with van der Waals surface area (Å²) in [6, 6.07) is 40.7. The summed E-state index contributed by atoms with van der Waals surface area (Å²) in [5.41, 5.74) is 7.79. The van der Waals surface area contributed by atoms with Crippen LogP contribution in [0.5, 0.6) is 0 Å². The first-order valence-electron chi connectivity index (χ1n) is 12.4. The Morgan fingerprint density at radius 2 is 1.20 bits per heavy atom. The van der Waals surface area contributed by atoms with E-state index in [4.69, 9.17) is 11.6 Å². The van der Waals surface area contributed by atoms with Crippen LogP contribution in [0.15, 0.2) is 115 Å². The molecule has 0 unspecified atom stereocenters. The van der Waals surface area contributed by atoms with Crippen molar-refractivity contribution < 1.29 is 23.3 Å². The third-order valence-corrected chi connectivity index (χ3v) is 6.92. The van der Waals surface area contributed by atoms with E-state index < -0.39 is 0 Å². The molecule has 0 amide bonds. The van der Waals surface area contributed by atoms with E-state index in [1.165, 1.54) is 72.9 Å². The first kappa shape index (κ1) is 39.1. The predicted molar refractivity (Wildman–Crippen MR) is 187 cm³/mol. The fourth-order valence-electron chi connectivity index (χ4n) is 4.74. The van der Waals surface area contributed by atoms with Crippen LogP contribution in [0, 0.1) is 21.8 Å². The first-order valence-corrected chi connectivity index (χ1v) is 17.0. The van der Waals surface area contributed by atoms with Crippen LogP contribution in [0.25, 0.3) is 43.8 Å². The number of hydrogen-bond acceptors (Lipinski definition) is 0. The van der Waals surface area contributed by atoms with E-state index in [1.54, 1.807) is 0 Å². The predicted octanol–water partition coefficient (Wildman–Crippen LogP) is 11.9. The van der Waals surface area contributed by atoms with E-state index in [2.05, 4.69) is 131 Å². The maximum atomic E-state index is 6.23. The number of rotatable bonds is 3. The van der Waals surface area contributed by atoms with E-state index >= 15 is 0 Å². The first-order chi connectivity index (χ1) is 18.0. The van der Waals surface area contributed by atoms with Crippen molar-refractivity contribution in [3.05, 3.63) is 146 Å². The quantitative estimate of drug-likeness (QED) is 0.128. The summed E-state index contributed by atoms with van der Waals surface area (Å²) in [5.74, 6) is 0.584. The van der Waals surface area contributed by atoms with Crippen LogP contribution in [0.4, 0.5) is 0 Å². The van der Waals surface area contributed by atoms with Crippen molar-refractivity contribution in [2.45, 2.75) is 26.7 Å². The minimum atomic E-state index is 0. The van der Waals surface area contributed by atoms with Crippen LogP contribution < -0.4 is 0 Å². The van der Waals surface area contributed by atoms with Gasteiger partial charge in [0, 0.05) is 0 Å². The summed E-state index contributed by atoms with van der Waals surface area (Å²) in [7, 11) is 0. The number of halogens is 3. The van der Waals surface area contributed by atoms with Gasteiger partial charge in [-0.05, 0) is 22.1 Å². The van der Waals surface area contributed by atoms with Gasteiger partial charge in [0.05, 0.1) is 0 Å². The second-order valence-electron chi connectivity index (χ2n) is 9.44. The molecular weight excluding hydrogens is 658 g/mol. The molecule has 0 spiro atoms. The summed E-state index contributed by atoms with van der Waals surface area (Å²) in [6.45, 7) is 9.66. The number of hydrogen-bond donors (Lipinski definition) is 0. The molecule has 0 N–H and O–H groups in total. The van der Waals surface area contributed by atoms with Crippen LogP contribution in [0.2, 0.25) is 5.02 Å². The number of fused-ring (bicyclic) bond motifs is 2. The molecule has 5 heteroatoms. The number of aryl methyl sites for hydroxylation is 1. The van der Waals surface area contributed by atoms with Crippen LogP contribution >= 0.6 is 36.4 Å². The standard InChI is InChI=1S/C18H17.C16H12Cl.2CH3.2ClH.Si.Zr/c1-13(2)16-11-15-9-6-10-17(18(15)12-16)14-7-4-3-5-8-14;1-11-9-14-13(12-5-3-2-4-6-12)7-8-16(17)15(14)10-11;;;;;;/h3-13H,1-2H3;2-10H,1H3;2*1H3;2*1H;;/q4*-1;;;;. The molecule has 0 fully saturated rings. The Balaban J connectivity index is 0.000000675. The second-order valence-corrected chi connectivity index (χ2v) is 9.85. The van der Waals surface area contributed by atoms with Crippen molar-refractivity contribution in [3.8, 4) is 22.3 Å². The van der Waals surface area contributed by atoms with Gasteiger partial charge in [-0.3, -0.25) is 0 Å². The molecule has 0 atom stereocenters. The molecule has 6 aromatic rings. The Hall–Kier alpha value is -1.93. The van der Waals surface area contributed by atoms with Crippen molar-refractivity contribution in [1.82, 2.24) is 0 Å². The molecule has 0 aliphatic rings. The van der Waals surface area contributed by atoms with Crippen molar-refractivity contribution >= 4 is 64.8 Å². The second kappa shape index (κ2) is 18.6. The van der Waals surface area contributed by atoms with Gasteiger partial charge in [0.15, 0.2) is 0 Å². The van der Waals surface area contributed by atoms with Crippen molar-refractivity contribution in [1.29, 1.82) is 0 Å². The summed E-state index contributed by atoms with van der Waals surface area (Å²) in [5, 5.41) is 5.92. The average molecular weight is 695 g/mol. The summed E-state index contributed by atoms with van der Waals surface area (Å²) < 4.78 is 0. The SMILES string of the molecule is CC(C)c1cc2c(-c3ccccc3)cccc2[cH-]1.Cc1cc2c(-c3ccccc3)ccc(Cl)c2[cH-]1.Cl.Cl.[CH3-].[CH3-].[Si]=[Zr]. The Bertz CT molecular complexity index is 1600. The molecular formula is C36H37Cl3SiZr-4. The summed E-state index contributed by atoms with van der Waals surface area (Å²) in [4.78, 5) is 0. The molecule has 0 bridgehead atoms. The fraction of sp³-hybridized carbons (Fsp3) is 0.111. The van der Waals surface area contributed by atoms with Gasteiger partial charge in [-0.2, -0.15) is 12.1 Å². The van der Waals surface area contributed by atoms with Gasteiger partial charge in [-0.15, -0.1) is 93.4 Å². The molecule has 41 heavy (non-hydrogen) atoms. The van der Waals surface area contributed by atoms with E-state index in [9.17, 15) is 0 Å². The molecule has 0 aromatic heterocycles. The van der Waals surface area contributed by atoms with E-state index in [0.717, 1.165) is 10.4 Å². The van der Waals surface area contributed by atoms with Gasteiger partial charge in [0.2, 0.25) is 0 Å². The van der Waals surface area contributed by atoms with Crippen LogP contribution in [0.1, 0.15) is 30.9 Å². The Labute approximate surface area is 281 Å². The molecule has 214 valence electrons. The van der Waals surface area contributed by atoms with Gasteiger partial charge >= 0.3 is 30.2 Å². The normalized spacial score (nSPS) is 9.56. The van der Waals surface area contributed by atoms with Crippen molar-refractivity contribution in [2.75, 3.05) is 0 Å². The molecule has 0 saturated heterocycles. The van der Waals surface area contributed by atoms with Gasteiger partial charge in [0.1, 0.15) is 0 Å². The summed E-state index contributed by atoms with van der Waals surface area (Å²) in [6.07, 6.45) is 0. The third-order valence-electron chi connectivity index (χ3n) is 6.59. The van der Waals surface area contributed by atoms with Gasteiger partial charge in [-0.1, -0.05) is 111 Å². The van der Waals surface area contributed by atoms with E-state index in [0.29, 0.717) is 5.92 Å². The Kier molecular flexibility index (Phi) is 17.7. The zero-order valence-electron chi connectivity index (χ0n) is 24.2. The monoisotopic (exact) mass is 692 g/mol. The third kappa shape index (κ3) is 9.28. The Morgan fingerprint density at radius 3 is 1.73 bits per heavy atom. The maximum absolute atomic E-state index is 6.23. The molecule has 0 aliphatic carbocycles. The van der Waals surface area contributed by atoms with Crippen LogP contribution in [-0.4, -0.2) is 6.88 Å². The molecule has 6 rings (SSSR count). The zero-order chi connectivity index (χ0) is 26.4. The Morgan fingerprint density at radius 1 is 0.659 bits per heavy atom. The van der Waals surface area contributed by atoms with Crippen LogP contribution in [-0.2, 0) is 23.3 Å². The zero-order valence-corrected chi connectivity index (χ0v) is 30.1. The van der Waals surface area contributed by atoms with Gasteiger partial charge < -0.3 is 14.9 Å². The molecule has 0 aliphatic heterocycles. The molecule has 6 aromatic carbocycles. The van der Waals surface area contributed by atoms with Crippen molar-refractivity contribution in [3.63, 3.8) is 0 Å². The number of benzene rings is 4. The topological polar surface area (TPSA) is 0 Å². The average Bonchev–Trinajstić information content (AvgIpc) is 3.56. The van der Waals surface area contributed by atoms with Gasteiger partial charge in [-0.25, -0.2) is 0 Å². The molecule has 2 radical (unpaired) electrons. The summed E-state index contributed by atoms with van der Waals surface area (Å²) >= 11 is 7.59. The van der Waals surface area contributed by atoms with Crippen LogP contribution in [0.3, 0.4) is 0 Å². The molecule has 0 heterocycles. The minimum absolute atomic E-state index is 0. The molecule has 0 saturated carbocycles. The van der Waals surface area contributed by atoms with Gasteiger partial charge in [0.25, 0.3) is 0 Å². The van der Waals surface area contributed by atoms with E-state index in [1.807, 2.05) is 12.1 Å². The van der Waals surface area contributed by atoms with E-state index in [-0.39, 0.29) is 39.7 Å². The fourth-order valence-corrected chi connectivity index (χ4v) is 4.96.